The van der Waals surface area contributed by atoms with E-state index in [2.05, 4.69) is 15.3 Å². The summed E-state index contributed by atoms with van der Waals surface area (Å²) in [7, 11) is 0. The molecule has 0 radical (unpaired) electrons. The SMILES string of the molecule is Cc1ccc2nc(C)cc(C(=O)NC(C)c3cccc(OCc4ccccn4)c3)c2c1. The minimum absolute atomic E-state index is 0.117. The smallest absolute Gasteiger partial charge is 0.252 e. The van der Waals surface area contributed by atoms with Crippen molar-refractivity contribution >= 4 is 16.8 Å². The van der Waals surface area contributed by atoms with Gasteiger partial charge in [-0.1, -0.05) is 29.8 Å². The number of aromatic nitrogens is 2. The third-order valence-electron chi connectivity index (χ3n) is 5.16. The Kier molecular flexibility index (Phi) is 5.94. The van der Waals surface area contributed by atoms with Gasteiger partial charge in [-0.3, -0.25) is 14.8 Å². The summed E-state index contributed by atoms with van der Waals surface area (Å²) < 4.78 is 5.88. The number of amides is 1. The zero-order valence-electron chi connectivity index (χ0n) is 17.9. The average molecular weight is 412 g/mol. The van der Waals surface area contributed by atoms with Gasteiger partial charge < -0.3 is 10.1 Å². The number of carbonyl (C=O) groups is 1. The summed E-state index contributed by atoms with van der Waals surface area (Å²) in [6.07, 6.45) is 1.75. The van der Waals surface area contributed by atoms with Gasteiger partial charge in [0, 0.05) is 17.3 Å². The van der Waals surface area contributed by atoms with Crippen LogP contribution in [0.25, 0.3) is 10.9 Å². The first kappa shape index (κ1) is 20.5. The molecule has 31 heavy (non-hydrogen) atoms. The number of nitrogens with zero attached hydrogens (tertiary/aromatic N) is 2. The molecule has 0 fully saturated rings. The Morgan fingerprint density at radius 3 is 2.71 bits per heavy atom. The van der Waals surface area contributed by atoms with Crippen LogP contribution >= 0.6 is 0 Å². The van der Waals surface area contributed by atoms with Crippen LogP contribution < -0.4 is 10.1 Å². The lowest BCUT2D eigenvalue weighted by molar-refractivity contribution is 0.0941. The minimum Gasteiger partial charge on any atom is -0.487 e. The molecule has 156 valence electrons. The number of carbonyl (C=O) groups excluding carboxylic acids is 1. The number of fused-ring (bicyclic) bond motifs is 1. The Balaban J connectivity index is 1.51. The number of hydrogen-bond acceptors (Lipinski definition) is 4. The van der Waals surface area contributed by atoms with E-state index in [1.807, 2.05) is 87.5 Å². The lowest BCUT2D eigenvalue weighted by Gasteiger charge is -2.17. The van der Waals surface area contributed by atoms with Crippen LogP contribution in [-0.2, 0) is 6.61 Å². The van der Waals surface area contributed by atoms with Gasteiger partial charge in [0.05, 0.1) is 22.8 Å². The summed E-state index contributed by atoms with van der Waals surface area (Å²) in [6.45, 7) is 6.28. The largest absolute Gasteiger partial charge is 0.487 e. The van der Waals surface area contributed by atoms with Crippen molar-refractivity contribution in [1.29, 1.82) is 0 Å². The molecule has 2 aromatic carbocycles. The van der Waals surface area contributed by atoms with Gasteiger partial charge in [0.2, 0.25) is 0 Å². The number of ether oxygens (including phenoxy) is 1. The lowest BCUT2D eigenvalue weighted by Crippen LogP contribution is -2.27. The summed E-state index contributed by atoms with van der Waals surface area (Å²) >= 11 is 0. The first-order valence-corrected chi connectivity index (χ1v) is 10.3. The van der Waals surface area contributed by atoms with E-state index in [0.717, 1.165) is 39.2 Å². The van der Waals surface area contributed by atoms with Crippen molar-refractivity contribution in [2.24, 2.45) is 0 Å². The Bertz CT molecular complexity index is 1220. The van der Waals surface area contributed by atoms with E-state index in [1.54, 1.807) is 6.20 Å². The van der Waals surface area contributed by atoms with Gasteiger partial charge in [0.1, 0.15) is 12.4 Å². The van der Waals surface area contributed by atoms with Gasteiger partial charge in [0.25, 0.3) is 5.91 Å². The molecule has 1 unspecified atom stereocenters. The van der Waals surface area contributed by atoms with Gasteiger partial charge in [-0.25, -0.2) is 0 Å². The molecule has 0 saturated carbocycles. The second-order valence-electron chi connectivity index (χ2n) is 7.71. The molecule has 2 heterocycles. The molecule has 0 spiro atoms. The Hall–Kier alpha value is -3.73. The molecule has 0 bridgehead atoms. The molecule has 1 amide bonds. The second kappa shape index (κ2) is 8.96. The maximum absolute atomic E-state index is 13.1. The van der Waals surface area contributed by atoms with Gasteiger partial charge in [-0.15, -0.1) is 0 Å². The average Bonchev–Trinajstić information content (AvgIpc) is 2.78. The van der Waals surface area contributed by atoms with Crippen LogP contribution in [0.5, 0.6) is 5.75 Å². The fourth-order valence-electron chi connectivity index (χ4n) is 3.53. The van der Waals surface area contributed by atoms with Crippen molar-refractivity contribution < 1.29 is 9.53 Å². The third kappa shape index (κ3) is 4.89. The maximum Gasteiger partial charge on any atom is 0.252 e. The zero-order chi connectivity index (χ0) is 21.8. The van der Waals surface area contributed by atoms with Crippen LogP contribution in [-0.4, -0.2) is 15.9 Å². The van der Waals surface area contributed by atoms with E-state index in [1.165, 1.54) is 0 Å². The number of aryl methyl sites for hydroxylation is 2. The molecule has 1 N–H and O–H groups in total. The third-order valence-corrected chi connectivity index (χ3v) is 5.16. The summed E-state index contributed by atoms with van der Waals surface area (Å²) in [5.74, 6) is 0.624. The van der Waals surface area contributed by atoms with Gasteiger partial charge in [0.15, 0.2) is 0 Å². The van der Waals surface area contributed by atoms with Crippen molar-refractivity contribution in [3.8, 4) is 5.75 Å². The molecular weight excluding hydrogens is 386 g/mol. The van der Waals surface area contributed by atoms with Crippen LogP contribution in [0, 0.1) is 13.8 Å². The fraction of sp³-hybridized carbons (Fsp3) is 0.192. The highest BCUT2D eigenvalue weighted by Gasteiger charge is 2.16. The van der Waals surface area contributed by atoms with Gasteiger partial charge in [-0.2, -0.15) is 0 Å². The van der Waals surface area contributed by atoms with Crippen LogP contribution in [0.2, 0.25) is 0 Å². The molecule has 5 nitrogen and oxygen atoms in total. The van der Waals surface area contributed by atoms with Crippen molar-refractivity contribution in [3.05, 3.63) is 101 Å². The predicted molar refractivity (Wildman–Crippen MR) is 122 cm³/mol. The molecule has 0 saturated heterocycles. The van der Waals surface area contributed by atoms with Gasteiger partial charge >= 0.3 is 0 Å². The second-order valence-corrected chi connectivity index (χ2v) is 7.71. The Morgan fingerprint density at radius 1 is 1.03 bits per heavy atom. The van der Waals surface area contributed by atoms with E-state index < -0.39 is 0 Å². The molecule has 4 aromatic rings. The molecule has 5 heteroatoms. The van der Waals surface area contributed by atoms with E-state index in [9.17, 15) is 4.79 Å². The number of nitrogens with one attached hydrogen (secondary N) is 1. The van der Waals surface area contributed by atoms with Crippen molar-refractivity contribution in [2.45, 2.75) is 33.4 Å². The monoisotopic (exact) mass is 411 g/mol. The van der Waals surface area contributed by atoms with Crippen LogP contribution in [0.1, 0.15) is 45.8 Å². The first-order chi connectivity index (χ1) is 15.0. The first-order valence-electron chi connectivity index (χ1n) is 10.3. The minimum atomic E-state index is -0.181. The Labute approximate surface area is 182 Å². The molecule has 4 rings (SSSR count). The van der Waals surface area contributed by atoms with Gasteiger partial charge in [-0.05, 0) is 68.8 Å². The molecule has 1 atom stereocenters. The molecular formula is C26H25N3O2. The van der Waals surface area contributed by atoms with Crippen molar-refractivity contribution in [2.75, 3.05) is 0 Å². The summed E-state index contributed by atoms with van der Waals surface area (Å²) in [6, 6.07) is 21.2. The molecule has 0 aliphatic carbocycles. The summed E-state index contributed by atoms with van der Waals surface area (Å²) in [4.78, 5) is 22.0. The highest BCUT2D eigenvalue weighted by molar-refractivity contribution is 6.06. The Morgan fingerprint density at radius 2 is 1.90 bits per heavy atom. The standard InChI is InChI=1S/C26H25N3O2/c1-17-10-11-25-23(13-17)24(14-18(2)28-25)26(30)29-19(3)20-7-6-9-22(15-20)31-16-21-8-4-5-12-27-21/h4-15,19H,16H2,1-3H3,(H,29,30). The fourth-order valence-corrected chi connectivity index (χ4v) is 3.53. The quantitative estimate of drug-likeness (QED) is 0.467. The van der Waals surface area contributed by atoms with Crippen molar-refractivity contribution in [1.82, 2.24) is 15.3 Å². The van der Waals surface area contributed by atoms with Crippen LogP contribution in [0.4, 0.5) is 0 Å². The van der Waals surface area contributed by atoms with E-state index in [-0.39, 0.29) is 11.9 Å². The number of benzene rings is 2. The number of hydrogen-bond donors (Lipinski definition) is 1. The number of rotatable bonds is 6. The number of pyridine rings is 2. The van der Waals surface area contributed by atoms with Crippen molar-refractivity contribution in [3.63, 3.8) is 0 Å². The van der Waals surface area contributed by atoms with E-state index in [4.69, 9.17) is 4.74 Å². The topological polar surface area (TPSA) is 64.1 Å². The lowest BCUT2D eigenvalue weighted by atomic mass is 10.0. The predicted octanol–water partition coefficient (Wildman–Crippen LogP) is 5.32. The zero-order valence-corrected chi connectivity index (χ0v) is 17.9. The molecule has 0 aliphatic heterocycles. The van der Waals surface area contributed by atoms with Crippen LogP contribution in [0.3, 0.4) is 0 Å². The highest BCUT2D eigenvalue weighted by Crippen LogP contribution is 2.23. The molecule has 0 aliphatic rings. The van der Waals surface area contributed by atoms with E-state index >= 15 is 0 Å². The van der Waals surface area contributed by atoms with Crippen LogP contribution in [0.15, 0.2) is 72.9 Å². The summed E-state index contributed by atoms with van der Waals surface area (Å²) in [5.41, 5.74) is 5.22. The summed E-state index contributed by atoms with van der Waals surface area (Å²) in [5, 5.41) is 3.98. The normalized spacial score (nSPS) is 11.8. The molecule has 2 aromatic heterocycles. The van der Waals surface area contributed by atoms with E-state index in [0.29, 0.717) is 12.2 Å². The highest BCUT2D eigenvalue weighted by atomic mass is 16.5. The maximum atomic E-state index is 13.1.